The Morgan fingerprint density at radius 3 is 2.28 bits per heavy atom. The molecule has 3 heterocycles. The maximum Gasteiger partial charge on any atom is 0.120 e. The van der Waals surface area contributed by atoms with Crippen LogP contribution in [0.3, 0.4) is 0 Å². The summed E-state index contributed by atoms with van der Waals surface area (Å²) >= 11 is 0. The van der Waals surface area contributed by atoms with Crippen LogP contribution >= 0.6 is 0 Å². The van der Waals surface area contributed by atoms with Gasteiger partial charge in [0.2, 0.25) is 0 Å². The van der Waals surface area contributed by atoms with E-state index in [0.717, 1.165) is 12.6 Å². The number of hydrogen-bond acceptors (Lipinski definition) is 2. The third-order valence-corrected chi connectivity index (χ3v) is 5.95. The van der Waals surface area contributed by atoms with Crippen molar-refractivity contribution in [3.63, 3.8) is 0 Å². The topological polar surface area (TPSA) is 25.0 Å². The van der Waals surface area contributed by atoms with Crippen molar-refractivity contribution < 1.29 is 9.80 Å². The highest BCUT2D eigenvalue weighted by Crippen LogP contribution is 2.12. The van der Waals surface area contributed by atoms with E-state index in [4.69, 9.17) is 0 Å². The van der Waals surface area contributed by atoms with E-state index in [1.807, 2.05) is 17.2 Å². The van der Waals surface area contributed by atoms with E-state index >= 15 is 0 Å². The zero-order valence-corrected chi connectivity index (χ0v) is 15.0. The van der Waals surface area contributed by atoms with Crippen molar-refractivity contribution in [2.24, 2.45) is 0 Å². The molecule has 1 aromatic heterocycles. The molecule has 2 aromatic rings. The zero-order chi connectivity index (χ0) is 16.9. The van der Waals surface area contributed by atoms with Crippen molar-refractivity contribution in [1.29, 1.82) is 0 Å². The molecule has 0 unspecified atom stereocenters. The number of quaternary nitrogens is 2. The van der Waals surface area contributed by atoms with E-state index in [-0.39, 0.29) is 0 Å². The standard InChI is InChI=1S/C21H28N4/c1-2-7-20(8-3-1)24-14-16-25(17-15-24)21-9-12-23(13-10-21)18-19-6-4-5-11-22-19/h1-8,11,21H,9-10,12-18H2/p+2. The predicted octanol–water partition coefficient (Wildman–Crippen LogP) is 0.0340. The van der Waals surface area contributed by atoms with Gasteiger partial charge in [-0.05, 0) is 24.3 Å². The van der Waals surface area contributed by atoms with Gasteiger partial charge >= 0.3 is 0 Å². The summed E-state index contributed by atoms with van der Waals surface area (Å²) in [5.74, 6) is 0. The van der Waals surface area contributed by atoms with E-state index in [1.54, 1.807) is 4.90 Å². The highest BCUT2D eigenvalue weighted by atomic mass is 15.3. The number of benzene rings is 1. The highest BCUT2D eigenvalue weighted by molar-refractivity contribution is 5.46. The lowest BCUT2D eigenvalue weighted by Gasteiger charge is -2.39. The number of aromatic nitrogens is 1. The minimum absolute atomic E-state index is 0.866. The van der Waals surface area contributed by atoms with Crippen molar-refractivity contribution in [2.75, 3.05) is 44.2 Å². The van der Waals surface area contributed by atoms with Gasteiger partial charge in [-0.15, -0.1) is 0 Å². The van der Waals surface area contributed by atoms with Crippen molar-refractivity contribution in [3.8, 4) is 0 Å². The summed E-state index contributed by atoms with van der Waals surface area (Å²) in [7, 11) is 0. The van der Waals surface area contributed by atoms with Gasteiger partial charge in [0.05, 0.1) is 51.0 Å². The van der Waals surface area contributed by atoms with Crippen LogP contribution in [0.4, 0.5) is 5.69 Å². The van der Waals surface area contributed by atoms with Gasteiger partial charge in [-0.3, -0.25) is 4.98 Å². The molecule has 2 saturated heterocycles. The van der Waals surface area contributed by atoms with Crippen LogP contribution in [0.5, 0.6) is 0 Å². The molecule has 1 aromatic carbocycles. The molecule has 2 N–H and O–H groups in total. The molecule has 0 bridgehead atoms. The third-order valence-electron chi connectivity index (χ3n) is 5.95. The van der Waals surface area contributed by atoms with E-state index < -0.39 is 0 Å². The molecule has 25 heavy (non-hydrogen) atoms. The molecule has 4 heteroatoms. The SMILES string of the molecule is c1ccc(N2CC[NH+](C3CC[NH+](Cc4ccccn4)CC3)CC2)cc1. The third kappa shape index (κ3) is 4.20. The smallest absolute Gasteiger partial charge is 0.120 e. The van der Waals surface area contributed by atoms with Crippen molar-refractivity contribution >= 4 is 5.69 Å². The summed E-state index contributed by atoms with van der Waals surface area (Å²) in [5.41, 5.74) is 2.62. The van der Waals surface area contributed by atoms with E-state index in [0.29, 0.717) is 0 Å². The molecule has 4 rings (SSSR count). The number of piperidine rings is 1. The van der Waals surface area contributed by atoms with Crippen LogP contribution in [0.15, 0.2) is 54.7 Å². The van der Waals surface area contributed by atoms with Crippen LogP contribution in [0, 0.1) is 0 Å². The fourth-order valence-electron chi connectivity index (χ4n) is 4.47. The second kappa shape index (κ2) is 7.98. The van der Waals surface area contributed by atoms with Crippen LogP contribution in [-0.2, 0) is 6.54 Å². The van der Waals surface area contributed by atoms with Gasteiger partial charge in [0.15, 0.2) is 0 Å². The van der Waals surface area contributed by atoms with Gasteiger partial charge in [0, 0.05) is 24.7 Å². The lowest BCUT2D eigenvalue weighted by atomic mass is 10.0. The Bertz CT molecular complexity index is 629. The quantitative estimate of drug-likeness (QED) is 0.823. The Morgan fingerprint density at radius 1 is 0.880 bits per heavy atom. The number of hydrogen-bond donors (Lipinski definition) is 2. The molecular formula is C21H30N4+2. The lowest BCUT2D eigenvalue weighted by molar-refractivity contribution is -0.963. The Labute approximate surface area is 151 Å². The molecule has 0 radical (unpaired) electrons. The monoisotopic (exact) mass is 338 g/mol. The lowest BCUT2D eigenvalue weighted by Crippen LogP contribution is -3.21. The Morgan fingerprint density at radius 2 is 1.60 bits per heavy atom. The van der Waals surface area contributed by atoms with Gasteiger partial charge in [0.1, 0.15) is 6.54 Å². The maximum absolute atomic E-state index is 4.49. The molecule has 4 nitrogen and oxygen atoms in total. The van der Waals surface area contributed by atoms with Gasteiger partial charge in [0.25, 0.3) is 0 Å². The fraction of sp³-hybridized carbons (Fsp3) is 0.476. The summed E-state index contributed by atoms with van der Waals surface area (Å²) in [6, 6.07) is 18.0. The molecular weight excluding hydrogens is 308 g/mol. The second-order valence-corrected chi connectivity index (χ2v) is 7.50. The molecule has 0 atom stereocenters. The van der Waals surface area contributed by atoms with Gasteiger partial charge < -0.3 is 14.7 Å². The molecule has 0 spiro atoms. The minimum atomic E-state index is 0.866. The molecule has 0 amide bonds. The van der Waals surface area contributed by atoms with Crippen LogP contribution in [0.1, 0.15) is 18.5 Å². The molecule has 2 aliphatic rings. The Balaban J connectivity index is 1.24. The first-order chi connectivity index (χ1) is 12.4. The average molecular weight is 338 g/mol. The van der Waals surface area contributed by atoms with Crippen molar-refractivity contribution in [3.05, 3.63) is 60.4 Å². The zero-order valence-electron chi connectivity index (χ0n) is 15.0. The molecule has 132 valence electrons. The highest BCUT2D eigenvalue weighted by Gasteiger charge is 2.32. The van der Waals surface area contributed by atoms with E-state index in [9.17, 15) is 0 Å². The van der Waals surface area contributed by atoms with Crippen LogP contribution in [-0.4, -0.2) is 50.3 Å². The molecule has 0 aliphatic carbocycles. The van der Waals surface area contributed by atoms with Gasteiger partial charge in [-0.25, -0.2) is 0 Å². The summed E-state index contributed by atoms with van der Waals surface area (Å²) in [6.07, 6.45) is 4.64. The van der Waals surface area contributed by atoms with Gasteiger partial charge in [-0.1, -0.05) is 24.3 Å². The normalized spacial score (nSPS) is 25.0. The first kappa shape index (κ1) is 16.6. The number of nitrogens with zero attached hydrogens (tertiary/aromatic N) is 2. The Kier molecular flexibility index (Phi) is 5.28. The largest absolute Gasteiger partial charge is 0.360 e. The minimum Gasteiger partial charge on any atom is -0.360 e. The molecule has 0 saturated carbocycles. The maximum atomic E-state index is 4.49. The second-order valence-electron chi connectivity index (χ2n) is 7.50. The molecule has 2 fully saturated rings. The fourth-order valence-corrected chi connectivity index (χ4v) is 4.47. The first-order valence-corrected chi connectivity index (χ1v) is 9.76. The number of likely N-dealkylation sites (tertiary alicyclic amines) is 1. The summed E-state index contributed by atoms with van der Waals surface area (Å²) in [6.45, 7) is 8.65. The van der Waals surface area contributed by atoms with E-state index in [1.165, 1.54) is 63.5 Å². The number of nitrogens with one attached hydrogen (secondary N) is 2. The number of piperazine rings is 1. The first-order valence-electron chi connectivity index (χ1n) is 9.76. The van der Waals surface area contributed by atoms with Crippen LogP contribution < -0.4 is 14.7 Å². The van der Waals surface area contributed by atoms with Crippen molar-refractivity contribution in [1.82, 2.24) is 4.98 Å². The molecule has 2 aliphatic heterocycles. The number of rotatable bonds is 4. The van der Waals surface area contributed by atoms with Crippen LogP contribution in [0.25, 0.3) is 0 Å². The summed E-state index contributed by atoms with van der Waals surface area (Å²) in [5, 5.41) is 0. The number of anilines is 1. The average Bonchev–Trinajstić information content (AvgIpc) is 2.70. The Hall–Kier alpha value is -1.91. The number of pyridine rings is 1. The van der Waals surface area contributed by atoms with E-state index in [2.05, 4.69) is 52.3 Å². The summed E-state index contributed by atoms with van der Waals surface area (Å²) in [4.78, 5) is 10.6. The summed E-state index contributed by atoms with van der Waals surface area (Å²) < 4.78 is 0. The van der Waals surface area contributed by atoms with Crippen LogP contribution in [0.2, 0.25) is 0 Å². The predicted molar refractivity (Wildman–Crippen MR) is 101 cm³/mol. The number of para-hydroxylation sites is 1. The van der Waals surface area contributed by atoms with Crippen molar-refractivity contribution in [2.45, 2.75) is 25.4 Å². The van der Waals surface area contributed by atoms with Gasteiger partial charge in [-0.2, -0.15) is 0 Å².